The number of thioether (sulfide) groups is 1. The van der Waals surface area contributed by atoms with Crippen molar-refractivity contribution in [1.82, 2.24) is 14.7 Å². The molecule has 0 bridgehead atoms. The fraction of sp³-hybridized carbons (Fsp3) is 0.882. The van der Waals surface area contributed by atoms with Gasteiger partial charge in [0.05, 0.1) is 5.75 Å². The Labute approximate surface area is 143 Å². The number of carbonyl (C=O) groups is 2. The van der Waals surface area contributed by atoms with Gasteiger partial charge in [-0.15, -0.1) is 0 Å². The molecule has 130 valence electrons. The second kappa shape index (κ2) is 7.01. The van der Waals surface area contributed by atoms with Crippen LogP contribution in [0.25, 0.3) is 0 Å². The molecule has 6 heteroatoms. The van der Waals surface area contributed by atoms with Crippen LogP contribution in [0.1, 0.15) is 32.1 Å². The Morgan fingerprint density at radius 1 is 1.22 bits per heavy atom. The van der Waals surface area contributed by atoms with Crippen molar-refractivity contribution in [2.24, 2.45) is 5.92 Å². The maximum Gasteiger partial charge on any atom is 0.232 e. The van der Waals surface area contributed by atoms with Crippen LogP contribution in [0.2, 0.25) is 0 Å². The van der Waals surface area contributed by atoms with Crippen molar-refractivity contribution in [3.63, 3.8) is 0 Å². The smallest absolute Gasteiger partial charge is 0.232 e. The summed E-state index contributed by atoms with van der Waals surface area (Å²) in [6, 6.07) is 0. The second-order valence-electron chi connectivity index (χ2n) is 7.48. The molecule has 3 fully saturated rings. The third kappa shape index (κ3) is 4.02. The van der Waals surface area contributed by atoms with Crippen LogP contribution < -0.4 is 0 Å². The summed E-state index contributed by atoms with van der Waals surface area (Å²) in [5, 5.41) is 0. The number of amides is 2. The van der Waals surface area contributed by atoms with Crippen molar-refractivity contribution in [3.05, 3.63) is 0 Å². The molecule has 23 heavy (non-hydrogen) atoms. The molecule has 0 N–H and O–H groups in total. The SMILES string of the molecule is CN1CC[C@]2(CCC1=O)CN(C(=O)CSCC1CC1)CCN2C. The minimum Gasteiger partial charge on any atom is -0.346 e. The lowest BCUT2D eigenvalue weighted by Gasteiger charge is -2.49. The molecular weight excluding hydrogens is 310 g/mol. The number of likely N-dealkylation sites (N-methyl/N-ethyl adjacent to an activating group) is 1. The van der Waals surface area contributed by atoms with E-state index in [-0.39, 0.29) is 17.4 Å². The average molecular weight is 340 g/mol. The van der Waals surface area contributed by atoms with Crippen LogP contribution in [-0.2, 0) is 9.59 Å². The molecule has 0 aromatic carbocycles. The maximum atomic E-state index is 12.6. The van der Waals surface area contributed by atoms with Crippen LogP contribution in [0.4, 0.5) is 0 Å². The first-order valence-corrected chi connectivity index (χ1v) is 9.96. The normalized spacial score (nSPS) is 29.9. The fourth-order valence-corrected chi connectivity index (χ4v) is 4.80. The highest BCUT2D eigenvalue weighted by Gasteiger charge is 2.42. The molecule has 0 aromatic rings. The quantitative estimate of drug-likeness (QED) is 0.774. The van der Waals surface area contributed by atoms with E-state index in [1.54, 1.807) is 11.8 Å². The maximum absolute atomic E-state index is 12.6. The Hall–Kier alpha value is -0.750. The third-order valence-corrected chi connectivity index (χ3v) is 6.93. The average Bonchev–Trinajstić information content (AvgIpc) is 3.36. The Balaban J connectivity index is 1.58. The Bertz CT molecular complexity index is 469. The molecule has 2 aliphatic heterocycles. The standard InChI is InChI=1S/C17H29N3O2S/c1-18-8-7-17(6-5-15(18)21)13-20(10-9-19(17)2)16(22)12-23-11-14-3-4-14/h14H,3-13H2,1-2H3/t17-/m1/s1. The van der Waals surface area contributed by atoms with Gasteiger partial charge in [0.2, 0.25) is 11.8 Å². The number of likely N-dealkylation sites (tertiary alicyclic amines) is 1. The van der Waals surface area contributed by atoms with Crippen molar-refractivity contribution in [2.75, 3.05) is 51.8 Å². The fourth-order valence-electron chi connectivity index (χ4n) is 3.66. The summed E-state index contributed by atoms with van der Waals surface area (Å²) in [6.45, 7) is 3.32. The van der Waals surface area contributed by atoms with E-state index in [0.29, 0.717) is 12.2 Å². The predicted octanol–water partition coefficient (Wildman–Crippen LogP) is 1.28. The molecule has 1 saturated carbocycles. The molecule has 3 rings (SSSR count). The summed E-state index contributed by atoms with van der Waals surface area (Å²) in [6.07, 6.45) is 5.12. The summed E-state index contributed by atoms with van der Waals surface area (Å²) in [5.41, 5.74) is -0.0184. The summed E-state index contributed by atoms with van der Waals surface area (Å²) in [4.78, 5) is 30.8. The lowest BCUT2D eigenvalue weighted by atomic mass is 9.86. The zero-order chi connectivity index (χ0) is 16.4. The van der Waals surface area contributed by atoms with E-state index in [1.807, 2.05) is 11.9 Å². The molecule has 1 atom stereocenters. The first-order chi connectivity index (χ1) is 11.0. The molecule has 0 unspecified atom stereocenters. The van der Waals surface area contributed by atoms with E-state index in [4.69, 9.17) is 0 Å². The molecule has 0 aromatic heterocycles. The lowest BCUT2D eigenvalue weighted by Crippen LogP contribution is -2.62. The van der Waals surface area contributed by atoms with E-state index in [0.717, 1.165) is 50.7 Å². The number of carbonyl (C=O) groups excluding carboxylic acids is 2. The molecule has 1 aliphatic carbocycles. The van der Waals surface area contributed by atoms with Crippen LogP contribution >= 0.6 is 11.8 Å². The number of hydrogen-bond donors (Lipinski definition) is 0. The van der Waals surface area contributed by atoms with Crippen LogP contribution in [-0.4, -0.2) is 83.8 Å². The van der Waals surface area contributed by atoms with Gasteiger partial charge in [-0.1, -0.05) is 0 Å². The molecule has 1 spiro atoms. The zero-order valence-electron chi connectivity index (χ0n) is 14.4. The number of rotatable bonds is 4. The van der Waals surface area contributed by atoms with E-state index in [9.17, 15) is 9.59 Å². The minimum absolute atomic E-state index is 0.0184. The van der Waals surface area contributed by atoms with Gasteiger partial charge in [0, 0.05) is 45.2 Å². The largest absolute Gasteiger partial charge is 0.346 e. The van der Waals surface area contributed by atoms with Gasteiger partial charge in [0.25, 0.3) is 0 Å². The van der Waals surface area contributed by atoms with Gasteiger partial charge >= 0.3 is 0 Å². The number of hydrogen-bond acceptors (Lipinski definition) is 4. The monoisotopic (exact) mass is 339 g/mol. The highest BCUT2D eigenvalue weighted by molar-refractivity contribution is 7.99. The zero-order valence-corrected chi connectivity index (χ0v) is 15.2. The van der Waals surface area contributed by atoms with E-state index in [1.165, 1.54) is 12.8 Å². The number of nitrogens with zero attached hydrogens (tertiary/aromatic N) is 3. The van der Waals surface area contributed by atoms with Crippen LogP contribution in [0, 0.1) is 5.92 Å². The molecule has 2 amide bonds. The molecule has 2 heterocycles. The first-order valence-electron chi connectivity index (χ1n) is 8.81. The molecule has 5 nitrogen and oxygen atoms in total. The van der Waals surface area contributed by atoms with Gasteiger partial charge in [-0.2, -0.15) is 11.8 Å². The van der Waals surface area contributed by atoms with Crippen LogP contribution in [0.5, 0.6) is 0 Å². The van der Waals surface area contributed by atoms with Crippen molar-refractivity contribution < 1.29 is 9.59 Å². The Kier molecular flexibility index (Phi) is 5.21. The summed E-state index contributed by atoms with van der Waals surface area (Å²) in [7, 11) is 4.04. The molecule has 3 aliphatic rings. The topological polar surface area (TPSA) is 43.9 Å². The molecule has 2 saturated heterocycles. The summed E-state index contributed by atoms with van der Waals surface area (Å²) >= 11 is 1.80. The van der Waals surface area contributed by atoms with Gasteiger partial charge in [0.15, 0.2) is 0 Å². The second-order valence-corrected chi connectivity index (χ2v) is 8.52. The van der Waals surface area contributed by atoms with Gasteiger partial charge in [-0.3, -0.25) is 14.5 Å². The lowest BCUT2D eigenvalue weighted by molar-refractivity contribution is -0.134. The molecular formula is C17H29N3O2S. The van der Waals surface area contributed by atoms with Crippen LogP contribution in [0.3, 0.4) is 0 Å². The van der Waals surface area contributed by atoms with Gasteiger partial charge < -0.3 is 9.80 Å². The first kappa shape index (κ1) is 17.1. The van der Waals surface area contributed by atoms with Crippen LogP contribution in [0.15, 0.2) is 0 Å². The predicted molar refractivity (Wildman–Crippen MR) is 93.5 cm³/mol. The summed E-state index contributed by atoms with van der Waals surface area (Å²) in [5.74, 6) is 3.15. The van der Waals surface area contributed by atoms with Crippen molar-refractivity contribution in [2.45, 2.75) is 37.6 Å². The van der Waals surface area contributed by atoms with Gasteiger partial charge in [-0.05, 0) is 44.4 Å². The molecule has 0 radical (unpaired) electrons. The third-order valence-electron chi connectivity index (χ3n) is 5.77. The Morgan fingerprint density at radius 3 is 2.74 bits per heavy atom. The van der Waals surface area contributed by atoms with E-state index < -0.39 is 0 Å². The summed E-state index contributed by atoms with van der Waals surface area (Å²) < 4.78 is 0. The highest BCUT2D eigenvalue weighted by Crippen LogP contribution is 2.34. The van der Waals surface area contributed by atoms with Gasteiger partial charge in [-0.25, -0.2) is 0 Å². The highest BCUT2D eigenvalue weighted by atomic mass is 32.2. The number of piperazine rings is 1. The van der Waals surface area contributed by atoms with Gasteiger partial charge in [0.1, 0.15) is 0 Å². The van der Waals surface area contributed by atoms with Crippen molar-refractivity contribution in [3.8, 4) is 0 Å². The van der Waals surface area contributed by atoms with E-state index >= 15 is 0 Å². The van der Waals surface area contributed by atoms with E-state index in [2.05, 4.69) is 16.8 Å². The minimum atomic E-state index is -0.0184. The Morgan fingerprint density at radius 2 is 2.00 bits per heavy atom. The van der Waals surface area contributed by atoms with Crippen molar-refractivity contribution >= 4 is 23.6 Å². The van der Waals surface area contributed by atoms with Crippen molar-refractivity contribution in [1.29, 1.82) is 0 Å².